The van der Waals surface area contributed by atoms with Crippen molar-refractivity contribution in [3.8, 4) is 0 Å². The van der Waals surface area contributed by atoms with Crippen molar-refractivity contribution in [3.05, 3.63) is 0 Å². The van der Waals surface area contributed by atoms with Gasteiger partial charge in [-0.1, -0.05) is 34.6 Å². The Kier molecular flexibility index (Phi) is 4.81. The van der Waals surface area contributed by atoms with Crippen molar-refractivity contribution in [1.82, 2.24) is 5.32 Å². The van der Waals surface area contributed by atoms with Crippen molar-refractivity contribution >= 4 is 0 Å². The molecule has 96 valence electrons. The van der Waals surface area contributed by atoms with Gasteiger partial charge in [0.1, 0.15) is 0 Å². The van der Waals surface area contributed by atoms with Crippen molar-refractivity contribution in [2.75, 3.05) is 6.61 Å². The SMILES string of the molecule is CC1CC(N[C@H](CO)C(C)C)CC(C)(C)C1. The third-order valence-corrected chi connectivity index (χ3v) is 3.84. The van der Waals surface area contributed by atoms with Crippen LogP contribution in [-0.4, -0.2) is 23.8 Å². The highest BCUT2D eigenvalue weighted by Crippen LogP contribution is 2.38. The predicted octanol–water partition coefficient (Wildman–Crippen LogP) is 2.81. The van der Waals surface area contributed by atoms with E-state index in [9.17, 15) is 5.11 Å². The molecule has 0 aromatic heterocycles. The number of hydrogen-bond donors (Lipinski definition) is 2. The Morgan fingerprint density at radius 2 is 1.94 bits per heavy atom. The average Bonchev–Trinajstić information content (AvgIpc) is 2.10. The third-order valence-electron chi connectivity index (χ3n) is 3.84. The van der Waals surface area contributed by atoms with E-state index in [1.54, 1.807) is 0 Å². The summed E-state index contributed by atoms with van der Waals surface area (Å²) in [5, 5.41) is 13.0. The zero-order valence-electron chi connectivity index (χ0n) is 11.6. The zero-order chi connectivity index (χ0) is 12.3. The Morgan fingerprint density at radius 3 is 2.38 bits per heavy atom. The molecule has 0 heterocycles. The lowest BCUT2D eigenvalue weighted by Crippen LogP contribution is -2.48. The molecule has 2 nitrogen and oxygen atoms in total. The van der Waals surface area contributed by atoms with Crippen molar-refractivity contribution in [1.29, 1.82) is 0 Å². The van der Waals surface area contributed by atoms with Gasteiger partial charge in [0.15, 0.2) is 0 Å². The van der Waals surface area contributed by atoms with Crippen LogP contribution in [0, 0.1) is 17.3 Å². The van der Waals surface area contributed by atoms with Gasteiger partial charge in [0.05, 0.1) is 6.61 Å². The van der Waals surface area contributed by atoms with Crippen LogP contribution >= 0.6 is 0 Å². The summed E-state index contributed by atoms with van der Waals surface area (Å²) in [6, 6.07) is 0.837. The van der Waals surface area contributed by atoms with Crippen LogP contribution < -0.4 is 5.32 Å². The van der Waals surface area contributed by atoms with Crippen LogP contribution in [-0.2, 0) is 0 Å². The predicted molar refractivity (Wildman–Crippen MR) is 69.4 cm³/mol. The lowest BCUT2D eigenvalue weighted by Gasteiger charge is -2.41. The van der Waals surface area contributed by atoms with E-state index in [0.717, 1.165) is 5.92 Å². The molecule has 0 bridgehead atoms. The van der Waals surface area contributed by atoms with E-state index in [-0.39, 0.29) is 12.6 Å². The second-order valence-electron chi connectivity index (χ2n) is 6.81. The van der Waals surface area contributed by atoms with E-state index in [0.29, 0.717) is 17.4 Å². The highest BCUT2D eigenvalue weighted by Gasteiger charge is 2.33. The molecule has 1 aliphatic rings. The molecule has 2 unspecified atom stereocenters. The molecule has 2 N–H and O–H groups in total. The summed E-state index contributed by atoms with van der Waals surface area (Å²) in [5.74, 6) is 1.30. The molecule has 0 aliphatic heterocycles. The molecule has 16 heavy (non-hydrogen) atoms. The molecule has 0 aromatic rings. The maximum absolute atomic E-state index is 9.36. The molecular formula is C14H29NO. The van der Waals surface area contributed by atoms with Crippen LogP contribution in [0.4, 0.5) is 0 Å². The van der Waals surface area contributed by atoms with E-state index in [2.05, 4.69) is 39.9 Å². The maximum Gasteiger partial charge on any atom is 0.0587 e. The van der Waals surface area contributed by atoms with Gasteiger partial charge in [0.25, 0.3) is 0 Å². The molecule has 0 aromatic carbocycles. The van der Waals surface area contributed by atoms with Crippen molar-refractivity contribution < 1.29 is 5.11 Å². The number of nitrogens with one attached hydrogen (secondary N) is 1. The minimum atomic E-state index is 0.253. The Labute approximate surface area is 101 Å². The smallest absolute Gasteiger partial charge is 0.0587 e. The van der Waals surface area contributed by atoms with Crippen LogP contribution in [0.25, 0.3) is 0 Å². The molecule has 0 saturated heterocycles. The largest absolute Gasteiger partial charge is 0.395 e. The van der Waals surface area contributed by atoms with E-state index in [1.165, 1.54) is 19.3 Å². The molecule has 1 fully saturated rings. The first kappa shape index (κ1) is 14.0. The highest BCUT2D eigenvalue weighted by atomic mass is 16.3. The van der Waals surface area contributed by atoms with E-state index in [4.69, 9.17) is 0 Å². The summed E-state index contributed by atoms with van der Waals surface area (Å²) >= 11 is 0. The monoisotopic (exact) mass is 227 g/mol. The first-order chi connectivity index (χ1) is 7.34. The minimum Gasteiger partial charge on any atom is -0.395 e. The molecule has 1 aliphatic carbocycles. The molecular weight excluding hydrogens is 198 g/mol. The van der Waals surface area contributed by atoms with E-state index < -0.39 is 0 Å². The number of hydrogen-bond acceptors (Lipinski definition) is 2. The normalized spacial score (nSPS) is 31.7. The zero-order valence-corrected chi connectivity index (χ0v) is 11.6. The van der Waals surface area contributed by atoms with Crippen molar-refractivity contribution in [2.45, 2.75) is 66.0 Å². The minimum absolute atomic E-state index is 0.253. The second-order valence-corrected chi connectivity index (χ2v) is 6.81. The Morgan fingerprint density at radius 1 is 1.31 bits per heavy atom. The van der Waals surface area contributed by atoms with Gasteiger partial charge >= 0.3 is 0 Å². The quantitative estimate of drug-likeness (QED) is 0.774. The van der Waals surface area contributed by atoms with Crippen LogP contribution in [0.1, 0.15) is 53.9 Å². The van der Waals surface area contributed by atoms with E-state index in [1.807, 2.05) is 0 Å². The summed E-state index contributed by atoms with van der Waals surface area (Å²) in [5.41, 5.74) is 0.451. The summed E-state index contributed by atoms with van der Waals surface area (Å²) < 4.78 is 0. The fraction of sp³-hybridized carbons (Fsp3) is 1.00. The van der Waals surface area contributed by atoms with Gasteiger partial charge in [-0.3, -0.25) is 0 Å². The lowest BCUT2D eigenvalue weighted by molar-refractivity contribution is 0.121. The summed E-state index contributed by atoms with van der Waals surface area (Å²) in [6.45, 7) is 11.7. The van der Waals surface area contributed by atoms with Gasteiger partial charge < -0.3 is 10.4 Å². The molecule has 0 amide bonds. The van der Waals surface area contributed by atoms with Crippen LogP contribution in [0.2, 0.25) is 0 Å². The number of aliphatic hydroxyl groups is 1. The third kappa shape index (κ3) is 4.06. The maximum atomic E-state index is 9.36. The number of aliphatic hydroxyl groups excluding tert-OH is 1. The van der Waals surface area contributed by atoms with Gasteiger partial charge in [-0.15, -0.1) is 0 Å². The first-order valence-electron chi connectivity index (χ1n) is 6.71. The molecule has 1 rings (SSSR count). The van der Waals surface area contributed by atoms with Crippen molar-refractivity contribution in [2.24, 2.45) is 17.3 Å². The Balaban J connectivity index is 2.53. The fourth-order valence-electron chi connectivity index (χ4n) is 3.23. The van der Waals surface area contributed by atoms with Crippen molar-refractivity contribution in [3.63, 3.8) is 0 Å². The molecule has 2 heteroatoms. The summed E-state index contributed by atoms with van der Waals surface area (Å²) in [6.07, 6.45) is 3.82. The molecule has 1 saturated carbocycles. The van der Waals surface area contributed by atoms with Crippen LogP contribution in [0.5, 0.6) is 0 Å². The molecule has 0 spiro atoms. The van der Waals surface area contributed by atoms with Gasteiger partial charge in [-0.2, -0.15) is 0 Å². The van der Waals surface area contributed by atoms with Gasteiger partial charge in [0, 0.05) is 12.1 Å². The molecule has 3 atom stereocenters. The average molecular weight is 227 g/mol. The van der Waals surface area contributed by atoms with Crippen LogP contribution in [0.15, 0.2) is 0 Å². The van der Waals surface area contributed by atoms with Gasteiger partial charge in [-0.25, -0.2) is 0 Å². The van der Waals surface area contributed by atoms with Gasteiger partial charge in [-0.05, 0) is 36.5 Å². The Bertz CT molecular complexity index is 213. The number of rotatable bonds is 4. The summed E-state index contributed by atoms with van der Waals surface area (Å²) in [7, 11) is 0. The summed E-state index contributed by atoms with van der Waals surface area (Å²) in [4.78, 5) is 0. The lowest BCUT2D eigenvalue weighted by atomic mass is 9.70. The molecule has 0 radical (unpaired) electrons. The Hall–Kier alpha value is -0.0800. The fourth-order valence-corrected chi connectivity index (χ4v) is 3.23. The first-order valence-corrected chi connectivity index (χ1v) is 6.71. The van der Waals surface area contributed by atoms with Gasteiger partial charge in [0.2, 0.25) is 0 Å². The highest BCUT2D eigenvalue weighted by molar-refractivity contribution is 4.88. The van der Waals surface area contributed by atoms with E-state index >= 15 is 0 Å². The standard InChI is InChI=1S/C14H29NO/c1-10(2)13(9-16)15-12-6-11(3)7-14(4,5)8-12/h10-13,15-16H,6-9H2,1-5H3/t11?,12?,13-/m1/s1. The van der Waals surface area contributed by atoms with Crippen LogP contribution in [0.3, 0.4) is 0 Å². The topological polar surface area (TPSA) is 32.3 Å². The second kappa shape index (κ2) is 5.50.